The number of pyridine rings is 1. The number of hydrogen-bond donors (Lipinski definition) is 0. The van der Waals surface area contributed by atoms with Crippen LogP contribution in [0.2, 0.25) is 0 Å². The Morgan fingerprint density at radius 2 is 1.88 bits per heavy atom. The number of rotatable bonds is 3. The number of aromatic nitrogens is 1. The van der Waals surface area contributed by atoms with Crippen LogP contribution in [0.5, 0.6) is 5.75 Å². The largest absolute Gasteiger partial charge is 0.494 e. The van der Waals surface area contributed by atoms with Gasteiger partial charge in [-0.25, -0.2) is 0 Å². The maximum Gasteiger partial charge on any atom is 0.120 e. The SMILES string of the molecule is CCOc1cc(C)cc(-c2ccnc(C)c2)c1. The van der Waals surface area contributed by atoms with E-state index in [1.165, 1.54) is 16.7 Å². The summed E-state index contributed by atoms with van der Waals surface area (Å²) in [7, 11) is 0. The van der Waals surface area contributed by atoms with Gasteiger partial charge in [0, 0.05) is 11.9 Å². The Labute approximate surface area is 102 Å². The molecular weight excluding hydrogens is 210 g/mol. The van der Waals surface area contributed by atoms with E-state index in [0.717, 1.165) is 11.4 Å². The molecule has 0 aliphatic heterocycles. The van der Waals surface area contributed by atoms with Gasteiger partial charge in [0.05, 0.1) is 6.61 Å². The molecule has 0 saturated heterocycles. The van der Waals surface area contributed by atoms with E-state index in [-0.39, 0.29) is 0 Å². The summed E-state index contributed by atoms with van der Waals surface area (Å²) in [6, 6.07) is 10.4. The second-order valence-electron chi connectivity index (χ2n) is 4.15. The van der Waals surface area contributed by atoms with E-state index in [9.17, 15) is 0 Å². The molecule has 0 unspecified atom stereocenters. The van der Waals surface area contributed by atoms with Crippen LogP contribution in [0.25, 0.3) is 11.1 Å². The normalized spacial score (nSPS) is 10.3. The molecule has 0 aliphatic carbocycles. The van der Waals surface area contributed by atoms with Crippen molar-refractivity contribution in [3.05, 3.63) is 47.8 Å². The highest BCUT2D eigenvalue weighted by molar-refractivity contribution is 5.66. The van der Waals surface area contributed by atoms with Gasteiger partial charge in [0.1, 0.15) is 5.75 Å². The molecule has 2 nitrogen and oxygen atoms in total. The Bertz CT molecular complexity index is 520. The van der Waals surface area contributed by atoms with Gasteiger partial charge >= 0.3 is 0 Å². The molecule has 0 atom stereocenters. The lowest BCUT2D eigenvalue weighted by atomic mass is 10.0. The van der Waals surface area contributed by atoms with Crippen molar-refractivity contribution in [3.8, 4) is 16.9 Å². The third-order valence-corrected chi connectivity index (χ3v) is 2.59. The van der Waals surface area contributed by atoms with E-state index in [2.05, 4.69) is 36.2 Å². The minimum atomic E-state index is 0.693. The van der Waals surface area contributed by atoms with Gasteiger partial charge in [-0.1, -0.05) is 6.07 Å². The van der Waals surface area contributed by atoms with Gasteiger partial charge < -0.3 is 4.74 Å². The van der Waals surface area contributed by atoms with E-state index in [1.807, 2.05) is 26.1 Å². The quantitative estimate of drug-likeness (QED) is 0.796. The monoisotopic (exact) mass is 227 g/mol. The van der Waals surface area contributed by atoms with Gasteiger partial charge in [0.25, 0.3) is 0 Å². The maximum atomic E-state index is 5.56. The average molecular weight is 227 g/mol. The van der Waals surface area contributed by atoms with Crippen LogP contribution < -0.4 is 4.74 Å². The standard InChI is InChI=1S/C15H17NO/c1-4-17-15-8-11(2)7-14(10-15)13-5-6-16-12(3)9-13/h5-10H,4H2,1-3H3. The number of hydrogen-bond acceptors (Lipinski definition) is 2. The van der Waals surface area contributed by atoms with Crippen molar-refractivity contribution in [2.75, 3.05) is 6.61 Å². The van der Waals surface area contributed by atoms with Gasteiger partial charge in [-0.2, -0.15) is 0 Å². The second kappa shape index (κ2) is 5.00. The minimum absolute atomic E-state index is 0.693. The summed E-state index contributed by atoms with van der Waals surface area (Å²) < 4.78 is 5.56. The molecule has 2 aromatic rings. The molecule has 17 heavy (non-hydrogen) atoms. The Balaban J connectivity index is 2.44. The summed E-state index contributed by atoms with van der Waals surface area (Å²) >= 11 is 0. The summed E-state index contributed by atoms with van der Waals surface area (Å²) in [4.78, 5) is 4.22. The van der Waals surface area contributed by atoms with Crippen LogP contribution in [0.1, 0.15) is 18.2 Å². The first kappa shape index (κ1) is 11.6. The molecule has 0 bridgehead atoms. The van der Waals surface area contributed by atoms with Crippen LogP contribution in [-0.2, 0) is 0 Å². The number of ether oxygens (including phenoxy) is 1. The number of aryl methyl sites for hydroxylation is 2. The fourth-order valence-corrected chi connectivity index (χ4v) is 1.89. The fraction of sp³-hybridized carbons (Fsp3) is 0.267. The molecule has 1 aromatic heterocycles. The van der Waals surface area contributed by atoms with Crippen LogP contribution in [0.4, 0.5) is 0 Å². The second-order valence-corrected chi connectivity index (χ2v) is 4.15. The zero-order chi connectivity index (χ0) is 12.3. The minimum Gasteiger partial charge on any atom is -0.494 e. The van der Waals surface area contributed by atoms with Crippen molar-refractivity contribution in [3.63, 3.8) is 0 Å². The first-order valence-electron chi connectivity index (χ1n) is 5.86. The highest BCUT2D eigenvalue weighted by Crippen LogP contribution is 2.26. The van der Waals surface area contributed by atoms with E-state index in [0.29, 0.717) is 6.61 Å². The highest BCUT2D eigenvalue weighted by Gasteiger charge is 2.02. The van der Waals surface area contributed by atoms with Gasteiger partial charge in [-0.3, -0.25) is 4.98 Å². The van der Waals surface area contributed by atoms with Crippen molar-refractivity contribution >= 4 is 0 Å². The van der Waals surface area contributed by atoms with Crippen molar-refractivity contribution in [2.45, 2.75) is 20.8 Å². The van der Waals surface area contributed by atoms with E-state index in [1.54, 1.807) is 0 Å². The molecule has 0 N–H and O–H groups in total. The first-order valence-corrected chi connectivity index (χ1v) is 5.86. The summed E-state index contributed by atoms with van der Waals surface area (Å²) in [5.41, 5.74) is 4.60. The average Bonchev–Trinajstić information content (AvgIpc) is 2.28. The predicted octanol–water partition coefficient (Wildman–Crippen LogP) is 3.76. The maximum absolute atomic E-state index is 5.56. The Kier molecular flexibility index (Phi) is 3.43. The van der Waals surface area contributed by atoms with Crippen LogP contribution in [0, 0.1) is 13.8 Å². The van der Waals surface area contributed by atoms with Crippen molar-refractivity contribution in [2.24, 2.45) is 0 Å². The smallest absolute Gasteiger partial charge is 0.120 e. The summed E-state index contributed by atoms with van der Waals surface area (Å²) in [6.45, 7) is 6.78. The fourth-order valence-electron chi connectivity index (χ4n) is 1.89. The van der Waals surface area contributed by atoms with Crippen LogP contribution in [0.3, 0.4) is 0 Å². The van der Waals surface area contributed by atoms with Gasteiger partial charge in [0.2, 0.25) is 0 Å². The van der Waals surface area contributed by atoms with Crippen LogP contribution in [-0.4, -0.2) is 11.6 Å². The molecule has 0 fully saturated rings. The Hall–Kier alpha value is -1.83. The van der Waals surface area contributed by atoms with Gasteiger partial charge in [-0.05, 0) is 61.7 Å². The summed E-state index contributed by atoms with van der Waals surface area (Å²) in [5.74, 6) is 0.928. The van der Waals surface area contributed by atoms with E-state index >= 15 is 0 Å². The molecule has 1 heterocycles. The zero-order valence-corrected chi connectivity index (χ0v) is 10.5. The van der Waals surface area contributed by atoms with E-state index in [4.69, 9.17) is 4.74 Å². The summed E-state index contributed by atoms with van der Waals surface area (Å²) in [5, 5.41) is 0. The molecule has 0 amide bonds. The topological polar surface area (TPSA) is 22.1 Å². The van der Waals surface area contributed by atoms with Crippen LogP contribution >= 0.6 is 0 Å². The molecular formula is C15H17NO. The van der Waals surface area contributed by atoms with Crippen LogP contribution in [0.15, 0.2) is 36.5 Å². The predicted molar refractivity (Wildman–Crippen MR) is 70.3 cm³/mol. The number of benzene rings is 1. The molecule has 0 radical (unpaired) electrons. The summed E-state index contributed by atoms with van der Waals surface area (Å²) in [6.07, 6.45) is 1.84. The van der Waals surface area contributed by atoms with Crippen molar-refractivity contribution in [1.82, 2.24) is 4.98 Å². The lowest BCUT2D eigenvalue weighted by Crippen LogP contribution is -1.93. The molecule has 2 heteroatoms. The van der Waals surface area contributed by atoms with E-state index < -0.39 is 0 Å². The molecule has 1 aromatic carbocycles. The third kappa shape index (κ3) is 2.84. The third-order valence-electron chi connectivity index (χ3n) is 2.59. The molecule has 0 saturated carbocycles. The first-order chi connectivity index (χ1) is 8.19. The van der Waals surface area contributed by atoms with Crippen molar-refractivity contribution in [1.29, 1.82) is 0 Å². The van der Waals surface area contributed by atoms with Gasteiger partial charge in [-0.15, -0.1) is 0 Å². The molecule has 88 valence electrons. The molecule has 2 rings (SSSR count). The van der Waals surface area contributed by atoms with Gasteiger partial charge in [0.15, 0.2) is 0 Å². The number of nitrogens with zero attached hydrogens (tertiary/aromatic N) is 1. The highest BCUT2D eigenvalue weighted by atomic mass is 16.5. The molecule has 0 spiro atoms. The molecule has 0 aliphatic rings. The van der Waals surface area contributed by atoms with Crippen molar-refractivity contribution < 1.29 is 4.74 Å². The zero-order valence-electron chi connectivity index (χ0n) is 10.5. The Morgan fingerprint density at radius 1 is 1.06 bits per heavy atom. The Morgan fingerprint density at radius 3 is 2.59 bits per heavy atom. The lowest BCUT2D eigenvalue weighted by Gasteiger charge is -2.08. The lowest BCUT2D eigenvalue weighted by molar-refractivity contribution is 0.340.